The third-order valence-electron chi connectivity index (χ3n) is 3.00. The van der Waals surface area contributed by atoms with E-state index in [9.17, 15) is 0 Å². The van der Waals surface area contributed by atoms with Crippen molar-refractivity contribution in [2.75, 3.05) is 13.2 Å². The predicted octanol–water partition coefficient (Wildman–Crippen LogP) is 2.10. The van der Waals surface area contributed by atoms with Gasteiger partial charge in [0, 0.05) is 13.2 Å². The summed E-state index contributed by atoms with van der Waals surface area (Å²) in [6, 6.07) is 0. The predicted molar refractivity (Wildman–Crippen MR) is 53.1 cm³/mol. The van der Waals surface area contributed by atoms with Crippen LogP contribution in [0, 0.1) is 0 Å². The standard InChI is InChI=1S/C11H20O3/c1-9-10(5-4-8-12-9)14-11-6-2-3-7-13-11/h9-11H,2-8H2,1H3/t9-,10+,11?/m0/s1. The minimum Gasteiger partial charge on any atom is -0.376 e. The molecule has 2 aliphatic heterocycles. The molecule has 1 unspecified atom stereocenters. The van der Waals surface area contributed by atoms with E-state index in [0.717, 1.165) is 32.5 Å². The minimum atomic E-state index is 0.0258. The lowest BCUT2D eigenvalue weighted by molar-refractivity contribution is -0.220. The summed E-state index contributed by atoms with van der Waals surface area (Å²) in [5.41, 5.74) is 0. The number of rotatable bonds is 2. The number of hydrogen-bond acceptors (Lipinski definition) is 3. The fourth-order valence-corrected chi connectivity index (χ4v) is 2.09. The first kappa shape index (κ1) is 10.4. The normalized spacial score (nSPS) is 39.6. The maximum Gasteiger partial charge on any atom is 0.158 e. The highest BCUT2D eigenvalue weighted by Crippen LogP contribution is 2.22. The summed E-state index contributed by atoms with van der Waals surface area (Å²) in [6.07, 6.45) is 6.17. The molecule has 2 saturated heterocycles. The van der Waals surface area contributed by atoms with Crippen molar-refractivity contribution in [3.8, 4) is 0 Å². The van der Waals surface area contributed by atoms with Crippen molar-refractivity contribution in [3.63, 3.8) is 0 Å². The summed E-state index contributed by atoms with van der Waals surface area (Å²) in [6.45, 7) is 3.83. The van der Waals surface area contributed by atoms with Crippen LogP contribution in [0.25, 0.3) is 0 Å². The van der Waals surface area contributed by atoms with Crippen molar-refractivity contribution in [2.24, 2.45) is 0 Å². The summed E-state index contributed by atoms with van der Waals surface area (Å²) < 4.78 is 17.0. The summed E-state index contributed by atoms with van der Waals surface area (Å²) in [4.78, 5) is 0. The summed E-state index contributed by atoms with van der Waals surface area (Å²) >= 11 is 0. The van der Waals surface area contributed by atoms with Gasteiger partial charge in [0.15, 0.2) is 6.29 Å². The van der Waals surface area contributed by atoms with E-state index in [2.05, 4.69) is 6.92 Å². The van der Waals surface area contributed by atoms with Gasteiger partial charge in [0.2, 0.25) is 0 Å². The van der Waals surface area contributed by atoms with Crippen LogP contribution < -0.4 is 0 Å². The van der Waals surface area contributed by atoms with Gasteiger partial charge in [-0.1, -0.05) is 0 Å². The maximum atomic E-state index is 5.90. The lowest BCUT2D eigenvalue weighted by Gasteiger charge is -2.33. The molecule has 0 amide bonds. The first-order valence-electron chi connectivity index (χ1n) is 5.75. The molecule has 0 bridgehead atoms. The molecule has 82 valence electrons. The van der Waals surface area contributed by atoms with Crippen molar-refractivity contribution in [2.45, 2.75) is 57.5 Å². The van der Waals surface area contributed by atoms with E-state index in [1.165, 1.54) is 12.8 Å². The van der Waals surface area contributed by atoms with Gasteiger partial charge in [0.25, 0.3) is 0 Å². The Morgan fingerprint density at radius 2 is 1.86 bits per heavy atom. The number of ether oxygens (including phenoxy) is 3. The Morgan fingerprint density at radius 3 is 2.57 bits per heavy atom. The molecule has 3 nitrogen and oxygen atoms in total. The summed E-state index contributed by atoms with van der Waals surface area (Å²) in [5.74, 6) is 0. The molecule has 14 heavy (non-hydrogen) atoms. The summed E-state index contributed by atoms with van der Waals surface area (Å²) in [7, 11) is 0. The van der Waals surface area contributed by atoms with Gasteiger partial charge >= 0.3 is 0 Å². The Morgan fingerprint density at radius 1 is 1.00 bits per heavy atom. The molecule has 2 rings (SSSR count). The van der Waals surface area contributed by atoms with E-state index >= 15 is 0 Å². The second-order valence-corrected chi connectivity index (χ2v) is 4.19. The van der Waals surface area contributed by atoms with Crippen molar-refractivity contribution in [1.29, 1.82) is 0 Å². The van der Waals surface area contributed by atoms with Crippen LogP contribution in [0.1, 0.15) is 39.0 Å². The minimum absolute atomic E-state index is 0.0258. The highest BCUT2D eigenvalue weighted by atomic mass is 16.7. The van der Waals surface area contributed by atoms with Crippen molar-refractivity contribution >= 4 is 0 Å². The summed E-state index contributed by atoms with van der Waals surface area (Å²) in [5, 5.41) is 0. The largest absolute Gasteiger partial charge is 0.376 e. The van der Waals surface area contributed by atoms with Gasteiger partial charge in [-0.2, -0.15) is 0 Å². The molecule has 0 aromatic rings. The zero-order valence-electron chi connectivity index (χ0n) is 8.91. The highest BCUT2D eigenvalue weighted by Gasteiger charge is 2.26. The van der Waals surface area contributed by atoms with Gasteiger partial charge in [-0.25, -0.2) is 0 Å². The highest BCUT2D eigenvalue weighted by molar-refractivity contribution is 4.72. The molecule has 0 aromatic heterocycles. The topological polar surface area (TPSA) is 27.7 Å². The molecular formula is C11H20O3. The second kappa shape index (κ2) is 5.10. The Bertz CT molecular complexity index is 166. The molecule has 0 aromatic carbocycles. The molecule has 3 heteroatoms. The molecule has 2 heterocycles. The van der Waals surface area contributed by atoms with Gasteiger partial charge in [0.1, 0.15) is 0 Å². The van der Waals surface area contributed by atoms with Crippen LogP contribution in [-0.2, 0) is 14.2 Å². The zero-order chi connectivity index (χ0) is 9.80. The van der Waals surface area contributed by atoms with Crippen LogP contribution in [0.3, 0.4) is 0 Å². The third-order valence-corrected chi connectivity index (χ3v) is 3.00. The van der Waals surface area contributed by atoms with Gasteiger partial charge in [-0.05, 0) is 39.0 Å². The average Bonchev–Trinajstić information content (AvgIpc) is 2.23. The van der Waals surface area contributed by atoms with Gasteiger partial charge in [0.05, 0.1) is 12.2 Å². The van der Waals surface area contributed by atoms with Gasteiger partial charge in [-0.15, -0.1) is 0 Å². The molecule has 3 atom stereocenters. The molecule has 0 radical (unpaired) electrons. The van der Waals surface area contributed by atoms with Gasteiger partial charge < -0.3 is 14.2 Å². The fourth-order valence-electron chi connectivity index (χ4n) is 2.09. The Balaban J connectivity index is 1.76. The van der Waals surface area contributed by atoms with E-state index in [1.807, 2.05) is 0 Å². The average molecular weight is 200 g/mol. The first-order chi connectivity index (χ1) is 6.86. The quantitative estimate of drug-likeness (QED) is 0.683. The molecule has 0 N–H and O–H groups in total. The number of hydrogen-bond donors (Lipinski definition) is 0. The lowest BCUT2D eigenvalue weighted by Crippen LogP contribution is -2.38. The van der Waals surface area contributed by atoms with Crippen molar-refractivity contribution in [1.82, 2.24) is 0 Å². The van der Waals surface area contributed by atoms with E-state index in [0.29, 0.717) is 0 Å². The van der Waals surface area contributed by atoms with Crippen LogP contribution >= 0.6 is 0 Å². The molecule has 2 aliphatic rings. The fraction of sp³-hybridized carbons (Fsp3) is 1.00. The molecule has 2 fully saturated rings. The van der Waals surface area contributed by atoms with Crippen LogP contribution in [0.5, 0.6) is 0 Å². The van der Waals surface area contributed by atoms with E-state index in [4.69, 9.17) is 14.2 Å². The monoisotopic (exact) mass is 200 g/mol. The second-order valence-electron chi connectivity index (χ2n) is 4.19. The van der Waals surface area contributed by atoms with Crippen molar-refractivity contribution < 1.29 is 14.2 Å². The van der Waals surface area contributed by atoms with Crippen LogP contribution in [0.2, 0.25) is 0 Å². The van der Waals surface area contributed by atoms with E-state index < -0.39 is 0 Å². The lowest BCUT2D eigenvalue weighted by atomic mass is 10.1. The van der Waals surface area contributed by atoms with Crippen LogP contribution in [0.15, 0.2) is 0 Å². The third kappa shape index (κ3) is 2.69. The van der Waals surface area contributed by atoms with E-state index in [1.54, 1.807) is 0 Å². The molecule has 0 aliphatic carbocycles. The van der Waals surface area contributed by atoms with Gasteiger partial charge in [-0.3, -0.25) is 0 Å². The molecular weight excluding hydrogens is 180 g/mol. The van der Waals surface area contributed by atoms with E-state index in [-0.39, 0.29) is 18.5 Å². The zero-order valence-corrected chi connectivity index (χ0v) is 8.91. The van der Waals surface area contributed by atoms with Crippen LogP contribution in [0.4, 0.5) is 0 Å². The smallest absolute Gasteiger partial charge is 0.158 e. The Hall–Kier alpha value is -0.120. The SMILES string of the molecule is C[C@@H]1OCCC[C@H]1OC1CCCCO1. The Kier molecular flexibility index (Phi) is 3.79. The molecule has 0 spiro atoms. The maximum absolute atomic E-state index is 5.90. The van der Waals surface area contributed by atoms with Crippen LogP contribution in [-0.4, -0.2) is 31.7 Å². The first-order valence-corrected chi connectivity index (χ1v) is 5.75. The van der Waals surface area contributed by atoms with Crippen molar-refractivity contribution in [3.05, 3.63) is 0 Å². The molecule has 0 saturated carbocycles. The Labute approximate surface area is 85.7 Å².